The zero-order valence-electron chi connectivity index (χ0n) is 30.4. The minimum Gasteiger partial charge on any atom is -0.248 e. The van der Waals surface area contributed by atoms with Gasteiger partial charge in [-0.25, -0.2) is 19.9 Å². The molecule has 0 bridgehead atoms. The van der Waals surface area contributed by atoms with Gasteiger partial charge in [0.25, 0.3) is 0 Å². The molecule has 0 radical (unpaired) electrons. The average Bonchev–Trinajstić information content (AvgIpc) is 3.29. The summed E-state index contributed by atoms with van der Waals surface area (Å²) in [4.78, 5) is 20.4. The van der Waals surface area contributed by atoms with Gasteiger partial charge in [-0.15, -0.1) is 0 Å². The summed E-state index contributed by atoms with van der Waals surface area (Å²) in [5, 5.41) is 3.49. The first-order valence-corrected chi connectivity index (χ1v) is 18.8. The van der Waals surface area contributed by atoms with Crippen molar-refractivity contribution in [3.63, 3.8) is 0 Å². The minimum absolute atomic E-state index is 0.621. The maximum atomic E-state index is 5.31. The van der Waals surface area contributed by atoms with Crippen LogP contribution >= 0.6 is 0 Å². The third kappa shape index (κ3) is 6.29. The van der Waals surface area contributed by atoms with Crippen LogP contribution in [0, 0.1) is 0 Å². The minimum atomic E-state index is 0.621. The maximum Gasteiger partial charge on any atom is 0.164 e. The van der Waals surface area contributed by atoms with E-state index in [0.717, 1.165) is 66.7 Å². The molecule has 10 aromatic rings. The molecule has 0 aliphatic rings. The van der Waals surface area contributed by atoms with Crippen LogP contribution in [0.2, 0.25) is 0 Å². The van der Waals surface area contributed by atoms with Crippen LogP contribution in [-0.4, -0.2) is 19.9 Å². The Morgan fingerprint density at radius 2 is 0.696 bits per heavy atom. The van der Waals surface area contributed by atoms with E-state index in [0.29, 0.717) is 17.5 Å². The molecule has 0 aliphatic heterocycles. The van der Waals surface area contributed by atoms with Gasteiger partial charge in [0.1, 0.15) is 0 Å². The van der Waals surface area contributed by atoms with Crippen molar-refractivity contribution in [2.24, 2.45) is 0 Å². The first-order chi connectivity index (χ1) is 27.7. The second-order valence-corrected chi connectivity index (χ2v) is 13.8. The highest BCUT2D eigenvalue weighted by Gasteiger charge is 2.17. The van der Waals surface area contributed by atoms with E-state index in [1.165, 1.54) is 16.3 Å². The summed E-state index contributed by atoms with van der Waals surface area (Å²) in [5.41, 5.74) is 12.6. The van der Waals surface area contributed by atoms with Crippen LogP contribution in [0.4, 0.5) is 0 Å². The van der Waals surface area contributed by atoms with Crippen LogP contribution in [0.15, 0.2) is 206 Å². The van der Waals surface area contributed by atoms with E-state index in [4.69, 9.17) is 19.9 Å². The monoisotopic (exact) mass is 714 g/mol. The van der Waals surface area contributed by atoms with Crippen molar-refractivity contribution >= 4 is 21.7 Å². The lowest BCUT2D eigenvalue weighted by atomic mass is 9.90. The first kappa shape index (κ1) is 33.0. The number of fused-ring (bicyclic) bond motifs is 3. The molecule has 0 saturated heterocycles. The highest BCUT2D eigenvalue weighted by molar-refractivity contribution is 6.18. The van der Waals surface area contributed by atoms with Gasteiger partial charge in [0, 0.05) is 27.6 Å². The van der Waals surface area contributed by atoms with Crippen molar-refractivity contribution < 1.29 is 0 Å². The van der Waals surface area contributed by atoms with Gasteiger partial charge in [-0.1, -0.05) is 188 Å². The molecule has 262 valence electrons. The number of aromatic nitrogens is 4. The topological polar surface area (TPSA) is 51.6 Å². The Kier molecular flexibility index (Phi) is 8.47. The molecule has 0 atom stereocenters. The van der Waals surface area contributed by atoms with E-state index in [1.54, 1.807) is 0 Å². The summed E-state index contributed by atoms with van der Waals surface area (Å²) < 4.78 is 0. The smallest absolute Gasteiger partial charge is 0.164 e. The van der Waals surface area contributed by atoms with Crippen molar-refractivity contribution in [2.45, 2.75) is 0 Å². The Labute approximate surface area is 325 Å². The van der Waals surface area contributed by atoms with E-state index in [2.05, 4.69) is 164 Å². The molecule has 0 fully saturated rings. The highest BCUT2D eigenvalue weighted by Crippen LogP contribution is 2.41. The van der Waals surface area contributed by atoms with E-state index in [1.807, 2.05) is 42.5 Å². The van der Waals surface area contributed by atoms with Crippen LogP contribution in [0.1, 0.15) is 0 Å². The molecular weight excluding hydrogens is 681 g/mol. The first-order valence-electron chi connectivity index (χ1n) is 18.8. The zero-order valence-corrected chi connectivity index (χ0v) is 30.4. The maximum absolute atomic E-state index is 5.31. The lowest BCUT2D eigenvalue weighted by Crippen LogP contribution is -2.00. The number of nitrogens with zero attached hydrogens (tertiary/aromatic N) is 4. The van der Waals surface area contributed by atoms with Crippen molar-refractivity contribution in [2.75, 3.05) is 0 Å². The van der Waals surface area contributed by atoms with Crippen LogP contribution in [-0.2, 0) is 0 Å². The van der Waals surface area contributed by atoms with Crippen molar-refractivity contribution in [3.8, 4) is 78.8 Å². The Bertz CT molecular complexity index is 2980. The molecule has 2 heterocycles. The fourth-order valence-corrected chi connectivity index (χ4v) is 7.56. The Morgan fingerprint density at radius 1 is 0.250 bits per heavy atom. The molecule has 0 saturated carbocycles. The number of hydrogen-bond acceptors (Lipinski definition) is 4. The van der Waals surface area contributed by atoms with E-state index in [-0.39, 0.29) is 0 Å². The molecule has 0 N–H and O–H groups in total. The predicted molar refractivity (Wildman–Crippen MR) is 231 cm³/mol. The molecule has 4 nitrogen and oxygen atoms in total. The van der Waals surface area contributed by atoms with E-state index < -0.39 is 0 Å². The summed E-state index contributed by atoms with van der Waals surface area (Å²) in [6, 6.07) is 71.7. The van der Waals surface area contributed by atoms with Gasteiger partial charge in [0.05, 0.1) is 11.2 Å². The molecule has 8 aromatic carbocycles. The number of pyridine rings is 1. The second-order valence-electron chi connectivity index (χ2n) is 13.8. The van der Waals surface area contributed by atoms with Crippen LogP contribution < -0.4 is 0 Å². The Morgan fingerprint density at radius 3 is 1.34 bits per heavy atom. The quantitative estimate of drug-likeness (QED) is 0.154. The van der Waals surface area contributed by atoms with Crippen LogP contribution in [0.25, 0.3) is 100 Å². The molecule has 10 rings (SSSR count). The zero-order chi connectivity index (χ0) is 37.3. The van der Waals surface area contributed by atoms with Crippen LogP contribution in [0.3, 0.4) is 0 Å². The number of benzene rings is 8. The van der Waals surface area contributed by atoms with Crippen molar-refractivity contribution in [3.05, 3.63) is 206 Å². The molecule has 2 aromatic heterocycles. The number of hydrogen-bond donors (Lipinski definition) is 0. The Balaban J connectivity index is 1.11. The highest BCUT2D eigenvalue weighted by atomic mass is 15.0. The fourth-order valence-electron chi connectivity index (χ4n) is 7.56. The summed E-state index contributed by atoms with van der Waals surface area (Å²) in [5.74, 6) is 1.89. The van der Waals surface area contributed by atoms with Gasteiger partial charge in [0.2, 0.25) is 0 Å². The summed E-state index contributed by atoms with van der Waals surface area (Å²) in [7, 11) is 0. The SMILES string of the molecule is c1ccc(-c2cccc(-c3nc(-c4ccccc4)nc(-c4ccc(-c5cc6nc(-c7ccccc7)cc(-c7ccccc7)c6c6ccccc56)cc4)n3)c2)cc1. The molecule has 0 unspecified atom stereocenters. The summed E-state index contributed by atoms with van der Waals surface area (Å²) >= 11 is 0. The van der Waals surface area contributed by atoms with Crippen molar-refractivity contribution in [1.82, 2.24) is 19.9 Å². The van der Waals surface area contributed by atoms with Crippen LogP contribution in [0.5, 0.6) is 0 Å². The second kappa shape index (κ2) is 14.3. The predicted octanol–water partition coefficient (Wildman–Crippen LogP) is 13.2. The fraction of sp³-hybridized carbons (Fsp3) is 0. The third-order valence-electron chi connectivity index (χ3n) is 10.3. The molecule has 56 heavy (non-hydrogen) atoms. The van der Waals surface area contributed by atoms with Crippen molar-refractivity contribution in [1.29, 1.82) is 0 Å². The lowest BCUT2D eigenvalue weighted by Gasteiger charge is -2.16. The molecule has 0 spiro atoms. The van der Waals surface area contributed by atoms with E-state index >= 15 is 0 Å². The lowest BCUT2D eigenvalue weighted by molar-refractivity contribution is 1.07. The van der Waals surface area contributed by atoms with Gasteiger partial charge < -0.3 is 0 Å². The average molecular weight is 715 g/mol. The molecule has 4 heteroatoms. The van der Waals surface area contributed by atoms with Gasteiger partial charge in [-0.2, -0.15) is 0 Å². The number of rotatable bonds is 7. The Hall–Kier alpha value is -7.56. The molecule has 0 amide bonds. The summed E-state index contributed by atoms with van der Waals surface area (Å²) in [6.07, 6.45) is 0. The standard InChI is InChI=1S/C52H34N4/c1-5-16-35(17-6-1)41-24-15-25-42(32-41)52-55-50(39-22-11-4-12-23-39)54-51(56-52)40-30-28-37(29-31-40)45-33-48-49(44-27-14-13-26-43(44)45)46(36-18-7-2-8-19-36)34-47(53-48)38-20-9-3-10-21-38/h1-34H. The van der Waals surface area contributed by atoms with Gasteiger partial charge in [-0.3, -0.25) is 0 Å². The third-order valence-corrected chi connectivity index (χ3v) is 10.3. The van der Waals surface area contributed by atoms with Gasteiger partial charge >= 0.3 is 0 Å². The molecule has 0 aliphatic carbocycles. The largest absolute Gasteiger partial charge is 0.248 e. The van der Waals surface area contributed by atoms with Gasteiger partial charge in [-0.05, 0) is 62.4 Å². The normalized spacial score (nSPS) is 11.2. The molecular formula is C52H34N4. The summed E-state index contributed by atoms with van der Waals surface area (Å²) in [6.45, 7) is 0. The van der Waals surface area contributed by atoms with Gasteiger partial charge in [0.15, 0.2) is 17.5 Å². The van der Waals surface area contributed by atoms with E-state index in [9.17, 15) is 0 Å².